The van der Waals surface area contributed by atoms with Crippen LogP contribution >= 0.6 is 22.9 Å². The number of hydrogen-bond acceptors (Lipinski definition) is 3. The maximum atomic E-state index is 12.6. The molecule has 2 aromatic carbocycles. The Hall–Kier alpha value is -2.37. The van der Waals surface area contributed by atoms with Crippen molar-refractivity contribution in [1.82, 2.24) is 0 Å². The van der Waals surface area contributed by atoms with Crippen molar-refractivity contribution in [3.63, 3.8) is 0 Å². The normalized spacial score (nSPS) is 11.1. The van der Waals surface area contributed by atoms with E-state index in [9.17, 15) is 4.79 Å². The van der Waals surface area contributed by atoms with Crippen molar-refractivity contribution < 1.29 is 14.1 Å². The van der Waals surface area contributed by atoms with Gasteiger partial charge in [-0.15, -0.1) is 0 Å². The number of nitrogens with one attached hydrogen (secondary N) is 1. The molecule has 1 N–H and O–H groups in total. The average molecular weight is 570 g/mol. The highest BCUT2D eigenvalue weighted by Crippen LogP contribution is 2.24. The molecule has 0 saturated carbocycles. The lowest BCUT2D eigenvalue weighted by Gasteiger charge is -2.10. The smallest absolute Gasteiger partial charge is 0.234 e. The minimum absolute atomic E-state index is 0.0853. The van der Waals surface area contributed by atoms with Crippen LogP contribution in [0.1, 0.15) is 100 Å². The fourth-order valence-corrected chi connectivity index (χ4v) is 5.60. The van der Waals surface area contributed by atoms with E-state index in [1.807, 2.05) is 30.3 Å². The molecule has 0 aliphatic heterocycles. The topological polar surface area (TPSA) is 42.2 Å². The van der Waals surface area contributed by atoms with Gasteiger partial charge >= 0.3 is 0 Å². The largest absolute Gasteiger partial charge is 0.494 e. The molecule has 0 saturated heterocycles. The SMILES string of the molecule is CCCCCCCCCCCCCCOc1ccc(CC(=O)Nc2ccc(C[n+]3ccsc3C)cc2)c(Cl)c1. The van der Waals surface area contributed by atoms with Crippen molar-refractivity contribution in [3.05, 3.63) is 75.2 Å². The summed E-state index contributed by atoms with van der Waals surface area (Å²) in [6.07, 6.45) is 18.3. The van der Waals surface area contributed by atoms with E-state index in [1.165, 1.54) is 81.2 Å². The van der Waals surface area contributed by atoms with E-state index < -0.39 is 0 Å². The molecule has 0 radical (unpaired) electrons. The number of anilines is 1. The third kappa shape index (κ3) is 12.1. The number of thiazole rings is 1. The first-order valence-corrected chi connectivity index (χ1v) is 16.0. The second-order valence-corrected chi connectivity index (χ2v) is 12.0. The van der Waals surface area contributed by atoms with Gasteiger partial charge in [-0.3, -0.25) is 4.79 Å². The van der Waals surface area contributed by atoms with Crippen molar-refractivity contribution in [2.75, 3.05) is 11.9 Å². The van der Waals surface area contributed by atoms with Crippen LogP contribution < -0.4 is 14.6 Å². The number of benzene rings is 2. The van der Waals surface area contributed by atoms with Gasteiger partial charge in [0, 0.05) is 23.2 Å². The average Bonchev–Trinajstić information content (AvgIpc) is 3.33. The van der Waals surface area contributed by atoms with Crippen LogP contribution in [0.15, 0.2) is 54.0 Å². The highest BCUT2D eigenvalue weighted by molar-refractivity contribution is 7.09. The van der Waals surface area contributed by atoms with Crippen molar-refractivity contribution in [2.24, 2.45) is 0 Å². The Balaban J connectivity index is 1.28. The Labute approximate surface area is 244 Å². The minimum Gasteiger partial charge on any atom is -0.494 e. The standard InChI is InChI=1S/C33H45ClN2O2S/c1-3-4-5-6-7-8-9-10-11-12-13-14-22-38-31-20-17-29(32(34)25-31)24-33(37)35-30-18-15-28(16-19-30)26-36-21-23-39-27(36)2/h15-21,23,25H,3-14,22,24,26H2,1-2H3/p+1. The number of unbranched alkanes of at least 4 members (excludes halogenated alkanes) is 11. The summed E-state index contributed by atoms with van der Waals surface area (Å²) < 4.78 is 8.12. The van der Waals surface area contributed by atoms with Gasteiger partial charge in [-0.05, 0) is 36.2 Å². The zero-order valence-electron chi connectivity index (χ0n) is 23.9. The molecular formula is C33H46ClN2O2S+. The Morgan fingerprint density at radius 3 is 2.13 bits per heavy atom. The van der Waals surface area contributed by atoms with Crippen molar-refractivity contribution in [1.29, 1.82) is 0 Å². The number of carbonyl (C=O) groups is 1. The van der Waals surface area contributed by atoms with E-state index in [0.717, 1.165) is 30.0 Å². The van der Waals surface area contributed by atoms with Crippen molar-refractivity contribution >= 4 is 34.5 Å². The summed E-state index contributed by atoms with van der Waals surface area (Å²) >= 11 is 8.21. The Morgan fingerprint density at radius 2 is 1.54 bits per heavy atom. The van der Waals surface area contributed by atoms with Crippen LogP contribution in [0.5, 0.6) is 5.75 Å². The number of aromatic nitrogens is 1. The molecule has 1 heterocycles. The van der Waals surface area contributed by atoms with Gasteiger partial charge in [-0.25, -0.2) is 0 Å². The Kier molecular flexibility index (Phi) is 14.4. The maximum Gasteiger partial charge on any atom is 0.234 e. The lowest BCUT2D eigenvalue weighted by atomic mass is 10.1. The van der Waals surface area contributed by atoms with Crippen molar-refractivity contribution in [3.8, 4) is 5.75 Å². The molecule has 0 bridgehead atoms. The molecule has 1 amide bonds. The van der Waals surface area contributed by atoms with Crippen LogP contribution in [-0.2, 0) is 17.8 Å². The maximum absolute atomic E-state index is 12.6. The van der Waals surface area contributed by atoms with E-state index in [1.54, 1.807) is 11.3 Å². The van der Waals surface area contributed by atoms with E-state index in [4.69, 9.17) is 16.3 Å². The van der Waals surface area contributed by atoms with Crippen LogP contribution in [0.4, 0.5) is 5.69 Å². The first-order valence-electron chi connectivity index (χ1n) is 14.8. The number of nitrogens with zero attached hydrogens (tertiary/aromatic N) is 1. The van der Waals surface area contributed by atoms with Crippen molar-refractivity contribution in [2.45, 2.75) is 104 Å². The number of ether oxygens (including phenoxy) is 1. The fourth-order valence-electron chi connectivity index (χ4n) is 4.70. The van der Waals surface area contributed by atoms with Gasteiger partial charge in [0.05, 0.1) is 18.4 Å². The highest BCUT2D eigenvalue weighted by atomic mass is 35.5. The predicted octanol–water partition coefficient (Wildman–Crippen LogP) is 9.31. The number of hydrogen-bond donors (Lipinski definition) is 1. The van der Waals surface area contributed by atoms with Gasteiger partial charge < -0.3 is 10.1 Å². The number of carbonyl (C=O) groups excluding carboxylic acids is 1. The second kappa shape index (κ2) is 18.1. The molecule has 0 spiro atoms. The molecule has 212 valence electrons. The van der Waals surface area contributed by atoms with Crippen LogP contribution in [-0.4, -0.2) is 12.5 Å². The molecule has 3 aromatic rings. The lowest BCUT2D eigenvalue weighted by Crippen LogP contribution is -2.34. The summed E-state index contributed by atoms with van der Waals surface area (Å²) in [5, 5.41) is 6.90. The van der Waals surface area contributed by atoms with Gasteiger partial charge in [0.25, 0.3) is 0 Å². The molecule has 39 heavy (non-hydrogen) atoms. The Bertz CT molecular complexity index is 1110. The molecule has 6 heteroatoms. The van der Waals surface area contributed by atoms with Gasteiger partial charge in [-0.1, -0.05) is 119 Å². The van der Waals surface area contributed by atoms with Gasteiger partial charge in [-0.2, -0.15) is 4.57 Å². The minimum atomic E-state index is -0.0853. The summed E-state index contributed by atoms with van der Waals surface area (Å²) in [4.78, 5) is 12.6. The van der Waals surface area contributed by atoms with Gasteiger partial charge in [0.1, 0.15) is 5.75 Å². The van der Waals surface area contributed by atoms with Gasteiger partial charge in [0.15, 0.2) is 12.7 Å². The number of rotatable bonds is 19. The first kappa shape index (κ1) is 31.2. The summed E-state index contributed by atoms with van der Waals surface area (Å²) in [7, 11) is 0. The lowest BCUT2D eigenvalue weighted by molar-refractivity contribution is -0.689. The monoisotopic (exact) mass is 569 g/mol. The third-order valence-electron chi connectivity index (χ3n) is 7.12. The second-order valence-electron chi connectivity index (χ2n) is 10.5. The third-order valence-corrected chi connectivity index (χ3v) is 8.30. The molecule has 4 nitrogen and oxygen atoms in total. The first-order chi connectivity index (χ1) is 19.0. The molecule has 1 aromatic heterocycles. The summed E-state index contributed by atoms with van der Waals surface area (Å²) in [6, 6.07) is 13.6. The van der Waals surface area contributed by atoms with Crippen LogP contribution in [0, 0.1) is 6.92 Å². The predicted molar refractivity (Wildman–Crippen MR) is 165 cm³/mol. The number of aryl methyl sites for hydroxylation is 1. The fraction of sp³-hybridized carbons (Fsp3) is 0.515. The van der Waals surface area contributed by atoms with Crippen LogP contribution in [0.2, 0.25) is 5.02 Å². The van der Waals surface area contributed by atoms with E-state index in [0.29, 0.717) is 11.6 Å². The summed E-state index contributed by atoms with van der Waals surface area (Å²) in [5.74, 6) is 0.680. The molecule has 0 aliphatic rings. The summed E-state index contributed by atoms with van der Waals surface area (Å²) in [5.41, 5.74) is 2.78. The molecule has 0 fully saturated rings. The summed E-state index contributed by atoms with van der Waals surface area (Å²) in [6.45, 7) is 5.91. The molecular weight excluding hydrogens is 524 g/mol. The molecule has 3 rings (SSSR count). The van der Waals surface area contributed by atoms with Crippen LogP contribution in [0.3, 0.4) is 0 Å². The van der Waals surface area contributed by atoms with Crippen LogP contribution in [0.25, 0.3) is 0 Å². The molecule has 0 atom stereocenters. The zero-order valence-corrected chi connectivity index (χ0v) is 25.4. The quantitative estimate of drug-likeness (QED) is 0.115. The molecule has 0 aliphatic carbocycles. The number of halogens is 1. The van der Waals surface area contributed by atoms with E-state index in [2.05, 4.69) is 47.4 Å². The Morgan fingerprint density at radius 1 is 0.897 bits per heavy atom. The zero-order chi connectivity index (χ0) is 27.7. The van der Waals surface area contributed by atoms with E-state index in [-0.39, 0.29) is 12.3 Å². The highest BCUT2D eigenvalue weighted by Gasteiger charge is 2.11. The number of amides is 1. The molecule has 0 unspecified atom stereocenters. The van der Waals surface area contributed by atoms with E-state index >= 15 is 0 Å². The van der Waals surface area contributed by atoms with Gasteiger partial charge in [0.2, 0.25) is 10.9 Å².